The first-order valence-electron chi connectivity index (χ1n) is 5.06. The van der Waals surface area contributed by atoms with Gasteiger partial charge in [0, 0.05) is 6.54 Å². The second kappa shape index (κ2) is 5.12. The lowest BCUT2D eigenvalue weighted by Crippen LogP contribution is -2.37. The number of hydrogen-bond donors (Lipinski definition) is 1. The molecular weight excluding hydrogens is 226 g/mol. The van der Waals surface area contributed by atoms with Crippen LogP contribution in [0.3, 0.4) is 0 Å². The molecule has 1 rings (SSSR count). The molecule has 16 heavy (non-hydrogen) atoms. The molecule has 0 saturated carbocycles. The second-order valence-corrected chi connectivity index (χ2v) is 5.66. The standard InChI is InChI=1S/C11H15NO3S/c1-3-12-11(13)9(2)16(14,15)10-7-5-4-6-8-10/h4-9H,3H2,1-2H3,(H,12,13). The highest BCUT2D eigenvalue weighted by Crippen LogP contribution is 2.15. The van der Waals surface area contributed by atoms with Gasteiger partial charge in [0.15, 0.2) is 9.84 Å². The minimum absolute atomic E-state index is 0.175. The molecule has 1 unspecified atom stereocenters. The van der Waals surface area contributed by atoms with Crippen LogP contribution in [0, 0.1) is 0 Å². The van der Waals surface area contributed by atoms with E-state index in [9.17, 15) is 13.2 Å². The molecule has 0 aromatic heterocycles. The molecule has 0 fully saturated rings. The van der Waals surface area contributed by atoms with E-state index < -0.39 is 21.0 Å². The fourth-order valence-corrected chi connectivity index (χ4v) is 2.58. The molecule has 1 aromatic rings. The van der Waals surface area contributed by atoms with Crippen molar-refractivity contribution in [3.63, 3.8) is 0 Å². The van der Waals surface area contributed by atoms with Crippen LogP contribution in [-0.4, -0.2) is 26.1 Å². The van der Waals surface area contributed by atoms with Crippen LogP contribution in [0.1, 0.15) is 13.8 Å². The van der Waals surface area contributed by atoms with Crippen LogP contribution in [0.5, 0.6) is 0 Å². The third-order valence-corrected chi connectivity index (χ3v) is 4.33. The van der Waals surface area contributed by atoms with E-state index in [2.05, 4.69) is 5.32 Å². The molecule has 4 nitrogen and oxygen atoms in total. The first-order valence-corrected chi connectivity index (χ1v) is 6.61. The summed E-state index contributed by atoms with van der Waals surface area (Å²) < 4.78 is 24.0. The predicted molar refractivity (Wildman–Crippen MR) is 61.8 cm³/mol. The van der Waals surface area contributed by atoms with Crippen molar-refractivity contribution in [3.8, 4) is 0 Å². The number of amides is 1. The average molecular weight is 241 g/mol. The van der Waals surface area contributed by atoms with Gasteiger partial charge >= 0.3 is 0 Å². The van der Waals surface area contributed by atoms with Gasteiger partial charge in [0.2, 0.25) is 5.91 Å². The molecule has 1 amide bonds. The molecule has 88 valence electrons. The van der Waals surface area contributed by atoms with E-state index in [4.69, 9.17) is 0 Å². The van der Waals surface area contributed by atoms with Crippen LogP contribution < -0.4 is 5.32 Å². The van der Waals surface area contributed by atoms with Gasteiger partial charge in [0.05, 0.1) is 4.90 Å². The number of sulfone groups is 1. The number of nitrogens with one attached hydrogen (secondary N) is 1. The Bertz CT molecular complexity index is 453. The Hall–Kier alpha value is -1.36. The van der Waals surface area contributed by atoms with Crippen molar-refractivity contribution < 1.29 is 13.2 Å². The molecule has 1 N–H and O–H groups in total. The predicted octanol–water partition coefficient (Wildman–Crippen LogP) is 0.985. The Morgan fingerprint density at radius 1 is 1.31 bits per heavy atom. The Morgan fingerprint density at radius 2 is 1.88 bits per heavy atom. The van der Waals surface area contributed by atoms with Crippen LogP contribution >= 0.6 is 0 Å². The molecule has 0 saturated heterocycles. The minimum Gasteiger partial charge on any atom is -0.355 e. The first kappa shape index (κ1) is 12.7. The molecule has 0 bridgehead atoms. The summed E-state index contributed by atoms with van der Waals surface area (Å²) in [4.78, 5) is 11.6. The molecule has 0 aliphatic rings. The smallest absolute Gasteiger partial charge is 0.238 e. The lowest BCUT2D eigenvalue weighted by Gasteiger charge is -2.12. The van der Waals surface area contributed by atoms with Crippen LogP contribution in [0.25, 0.3) is 0 Å². The molecule has 1 aromatic carbocycles. The molecule has 0 aliphatic heterocycles. The van der Waals surface area contributed by atoms with Crippen molar-refractivity contribution in [1.29, 1.82) is 0 Å². The monoisotopic (exact) mass is 241 g/mol. The van der Waals surface area contributed by atoms with Gasteiger partial charge in [-0.1, -0.05) is 18.2 Å². The van der Waals surface area contributed by atoms with Gasteiger partial charge in [-0.15, -0.1) is 0 Å². The summed E-state index contributed by atoms with van der Waals surface area (Å²) in [6.45, 7) is 3.57. The van der Waals surface area contributed by atoms with Gasteiger partial charge in [0.25, 0.3) is 0 Å². The number of carbonyl (C=O) groups is 1. The molecule has 0 aliphatic carbocycles. The summed E-state index contributed by atoms with van der Waals surface area (Å²) in [7, 11) is -3.57. The van der Waals surface area contributed by atoms with E-state index in [0.717, 1.165) is 0 Å². The van der Waals surface area contributed by atoms with Gasteiger partial charge in [0.1, 0.15) is 5.25 Å². The Labute approximate surface area is 95.6 Å². The topological polar surface area (TPSA) is 63.2 Å². The SMILES string of the molecule is CCNC(=O)C(C)S(=O)(=O)c1ccccc1. The van der Waals surface area contributed by atoms with Crippen LogP contribution in [0.4, 0.5) is 0 Å². The molecule has 1 atom stereocenters. The third kappa shape index (κ3) is 2.61. The van der Waals surface area contributed by atoms with Crippen LogP contribution in [0.15, 0.2) is 35.2 Å². The number of benzene rings is 1. The highest BCUT2D eigenvalue weighted by Gasteiger charge is 2.28. The summed E-state index contributed by atoms with van der Waals surface area (Å²) in [6, 6.07) is 7.99. The van der Waals surface area contributed by atoms with Gasteiger partial charge in [-0.25, -0.2) is 8.42 Å². The zero-order valence-corrected chi connectivity index (χ0v) is 10.1. The summed E-state index contributed by atoms with van der Waals surface area (Å²) in [5, 5.41) is 1.44. The van der Waals surface area contributed by atoms with E-state index in [1.807, 2.05) is 0 Å². The zero-order valence-electron chi connectivity index (χ0n) is 9.30. The zero-order chi connectivity index (χ0) is 12.2. The van der Waals surface area contributed by atoms with E-state index in [0.29, 0.717) is 6.54 Å². The Morgan fingerprint density at radius 3 is 2.38 bits per heavy atom. The highest BCUT2D eigenvalue weighted by atomic mass is 32.2. The van der Waals surface area contributed by atoms with Crippen molar-refractivity contribution in [2.45, 2.75) is 24.0 Å². The summed E-state index contributed by atoms with van der Waals surface area (Å²) in [5.74, 6) is -0.466. The van der Waals surface area contributed by atoms with Crippen molar-refractivity contribution in [1.82, 2.24) is 5.32 Å². The fourth-order valence-electron chi connectivity index (χ4n) is 1.27. The molecule has 0 spiro atoms. The van der Waals surface area contributed by atoms with Crippen molar-refractivity contribution >= 4 is 15.7 Å². The van der Waals surface area contributed by atoms with Crippen molar-refractivity contribution in [2.24, 2.45) is 0 Å². The Kier molecular flexibility index (Phi) is 4.06. The van der Waals surface area contributed by atoms with Crippen molar-refractivity contribution in [2.75, 3.05) is 6.54 Å². The first-order chi connectivity index (χ1) is 7.50. The van der Waals surface area contributed by atoms with E-state index in [1.165, 1.54) is 19.1 Å². The quantitative estimate of drug-likeness (QED) is 0.855. The molecule has 0 heterocycles. The lowest BCUT2D eigenvalue weighted by molar-refractivity contribution is -0.120. The minimum atomic E-state index is -3.57. The lowest BCUT2D eigenvalue weighted by atomic mass is 10.4. The maximum absolute atomic E-state index is 12.0. The summed E-state index contributed by atoms with van der Waals surface area (Å²) in [6.07, 6.45) is 0. The van der Waals surface area contributed by atoms with E-state index in [-0.39, 0.29) is 4.90 Å². The van der Waals surface area contributed by atoms with Gasteiger partial charge in [-0.2, -0.15) is 0 Å². The molecule has 5 heteroatoms. The van der Waals surface area contributed by atoms with Gasteiger partial charge in [-0.05, 0) is 26.0 Å². The van der Waals surface area contributed by atoms with Gasteiger partial charge in [-0.3, -0.25) is 4.79 Å². The largest absolute Gasteiger partial charge is 0.355 e. The Balaban J connectivity index is 2.99. The third-order valence-electron chi connectivity index (χ3n) is 2.26. The second-order valence-electron chi connectivity index (χ2n) is 3.39. The number of carbonyl (C=O) groups excluding carboxylic acids is 1. The number of rotatable bonds is 4. The fraction of sp³-hybridized carbons (Fsp3) is 0.364. The highest BCUT2D eigenvalue weighted by molar-refractivity contribution is 7.92. The molecular formula is C11H15NO3S. The normalized spacial score (nSPS) is 13.1. The maximum Gasteiger partial charge on any atom is 0.238 e. The van der Waals surface area contributed by atoms with Crippen LogP contribution in [-0.2, 0) is 14.6 Å². The summed E-state index contributed by atoms with van der Waals surface area (Å²) >= 11 is 0. The average Bonchev–Trinajstić information content (AvgIpc) is 2.29. The number of hydrogen-bond acceptors (Lipinski definition) is 3. The molecule has 0 radical (unpaired) electrons. The van der Waals surface area contributed by atoms with Crippen molar-refractivity contribution in [3.05, 3.63) is 30.3 Å². The summed E-state index contributed by atoms with van der Waals surface area (Å²) in [5.41, 5.74) is 0. The van der Waals surface area contributed by atoms with E-state index >= 15 is 0 Å². The van der Waals surface area contributed by atoms with E-state index in [1.54, 1.807) is 25.1 Å². The maximum atomic E-state index is 12.0. The van der Waals surface area contributed by atoms with Gasteiger partial charge < -0.3 is 5.32 Å². The van der Waals surface area contributed by atoms with Crippen LogP contribution in [0.2, 0.25) is 0 Å².